The van der Waals surface area contributed by atoms with Crippen LogP contribution < -0.4 is 5.32 Å². The lowest BCUT2D eigenvalue weighted by Crippen LogP contribution is -2.48. The third-order valence-corrected chi connectivity index (χ3v) is 5.71. The van der Waals surface area contributed by atoms with Crippen LogP contribution in [0.4, 0.5) is 4.39 Å². The topological polar surface area (TPSA) is 49.4 Å². The number of carbonyl (C=O) groups excluding carboxylic acids is 2. The number of halogens is 2. The molecular formula is C21H24ClFN2O2S. The van der Waals surface area contributed by atoms with Crippen LogP contribution in [-0.4, -0.2) is 35.6 Å². The predicted octanol–water partition coefficient (Wildman–Crippen LogP) is 4.27. The van der Waals surface area contributed by atoms with Crippen LogP contribution in [0.25, 0.3) is 0 Å². The van der Waals surface area contributed by atoms with Gasteiger partial charge in [-0.15, -0.1) is 11.8 Å². The van der Waals surface area contributed by atoms with Crippen molar-refractivity contribution in [2.45, 2.75) is 31.7 Å². The van der Waals surface area contributed by atoms with E-state index in [0.717, 1.165) is 5.56 Å². The number of carbonyl (C=O) groups is 2. The minimum absolute atomic E-state index is 0.145. The van der Waals surface area contributed by atoms with E-state index < -0.39 is 6.04 Å². The summed E-state index contributed by atoms with van der Waals surface area (Å²) in [6.07, 6.45) is 0.480. The zero-order valence-corrected chi connectivity index (χ0v) is 17.5. The first-order valence-corrected chi connectivity index (χ1v) is 10.6. The van der Waals surface area contributed by atoms with Gasteiger partial charge in [0.1, 0.15) is 11.9 Å². The lowest BCUT2D eigenvalue weighted by atomic mass is 10.1. The molecule has 0 spiro atoms. The molecular weight excluding hydrogens is 399 g/mol. The predicted molar refractivity (Wildman–Crippen MR) is 113 cm³/mol. The first-order chi connectivity index (χ1) is 13.5. The van der Waals surface area contributed by atoms with E-state index in [1.165, 1.54) is 17.8 Å². The second kappa shape index (κ2) is 11.1. The molecule has 0 unspecified atom stereocenters. The molecule has 0 saturated carbocycles. The van der Waals surface area contributed by atoms with Crippen LogP contribution >= 0.6 is 23.4 Å². The van der Waals surface area contributed by atoms with Crippen molar-refractivity contribution < 1.29 is 14.0 Å². The van der Waals surface area contributed by atoms with Crippen molar-refractivity contribution in [2.75, 3.05) is 12.8 Å². The minimum Gasteiger partial charge on any atom is -0.357 e. The number of rotatable bonds is 9. The van der Waals surface area contributed by atoms with E-state index in [-0.39, 0.29) is 29.9 Å². The Morgan fingerprint density at radius 3 is 2.39 bits per heavy atom. The highest BCUT2D eigenvalue weighted by Gasteiger charge is 2.28. The van der Waals surface area contributed by atoms with Crippen LogP contribution in [0, 0.1) is 5.82 Å². The molecule has 4 nitrogen and oxygen atoms in total. The fourth-order valence-electron chi connectivity index (χ4n) is 2.84. The largest absolute Gasteiger partial charge is 0.357 e. The van der Waals surface area contributed by atoms with Gasteiger partial charge in [0, 0.05) is 24.4 Å². The maximum Gasteiger partial charge on any atom is 0.242 e. The molecule has 0 aliphatic heterocycles. The second-order valence-corrected chi connectivity index (χ2v) is 7.63. The van der Waals surface area contributed by atoms with Gasteiger partial charge in [-0.1, -0.05) is 54.9 Å². The Labute approximate surface area is 174 Å². The third kappa shape index (κ3) is 5.97. The van der Waals surface area contributed by atoms with Gasteiger partial charge in [-0.2, -0.15) is 0 Å². The van der Waals surface area contributed by atoms with Gasteiger partial charge in [-0.05, 0) is 29.7 Å². The summed E-state index contributed by atoms with van der Waals surface area (Å²) in [5, 5.41) is 3.17. The highest BCUT2D eigenvalue weighted by atomic mass is 35.5. The van der Waals surface area contributed by atoms with Crippen LogP contribution in [0.2, 0.25) is 5.02 Å². The molecule has 0 aromatic heterocycles. The molecule has 28 heavy (non-hydrogen) atoms. The van der Waals surface area contributed by atoms with Crippen LogP contribution in [0.1, 0.15) is 24.5 Å². The van der Waals surface area contributed by atoms with Gasteiger partial charge in [0.25, 0.3) is 0 Å². The summed E-state index contributed by atoms with van der Waals surface area (Å²) in [6, 6.07) is 13.2. The molecule has 0 saturated heterocycles. The summed E-state index contributed by atoms with van der Waals surface area (Å²) < 4.78 is 13.8. The smallest absolute Gasteiger partial charge is 0.242 e. The number of nitrogens with zero attached hydrogens (tertiary/aromatic N) is 1. The number of amides is 2. The molecule has 0 heterocycles. The molecule has 150 valence electrons. The highest BCUT2D eigenvalue weighted by Crippen LogP contribution is 2.21. The number of hydrogen-bond acceptors (Lipinski definition) is 3. The van der Waals surface area contributed by atoms with Gasteiger partial charge in [-0.3, -0.25) is 9.59 Å². The average Bonchev–Trinajstić information content (AvgIpc) is 2.70. The van der Waals surface area contributed by atoms with Crippen molar-refractivity contribution in [3.63, 3.8) is 0 Å². The number of thioether (sulfide) groups is 1. The average molecular weight is 423 g/mol. The van der Waals surface area contributed by atoms with Crippen molar-refractivity contribution >= 4 is 35.2 Å². The molecule has 2 aromatic rings. The summed E-state index contributed by atoms with van der Waals surface area (Å²) >= 11 is 7.57. The van der Waals surface area contributed by atoms with E-state index in [4.69, 9.17) is 11.6 Å². The number of hydrogen-bond donors (Lipinski definition) is 1. The summed E-state index contributed by atoms with van der Waals surface area (Å²) in [6.45, 7) is 2.10. The first-order valence-electron chi connectivity index (χ1n) is 9.03. The van der Waals surface area contributed by atoms with Crippen LogP contribution in [-0.2, 0) is 21.9 Å². The number of benzene rings is 2. The van der Waals surface area contributed by atoms with Gasteiger partial charge < -0.3 is 10.2 Å². The molecule has 2 aromatic carbocycles. The SMILES string of the molecule is CC[C@H](C(=O)NC)N(Cc1ccccc1Cl)C(=O)CSCc1ccccc1F. The van der Waals surface area contributed by atoms with Gasteiger partial charge >= 0.3 is 0 Å². The van der Waals surface area contributed by atoms with E-state index in [2.05, 4.69) is 5.32 Å². The Kier molecular flexibility index (Phi) is 8.80. The first kappa shape index (κ1) is 22.2. The lowest BCUT2D eigenvalue weighted by molar-refractivity contribution is -0.139. The maximum atomic E-state index is 13.8. The molecule has 0 bridgehead atoms. The Morgan fingerprint density at radius 1 is 1.14 bits per heavy atom. The van der Waals surface area contributed by atoms with E-state index in [0.29, 0.717) is 22.8 Å². The zero-order chi connectivity index (χ0) is 20.5. The van der Waals surface area contributed by atoms with Gasteiger partial charge in [0.2, 0.25) is 11.8 Å². The monoisotopic (exact) mass is 422 g/mol. The van der Waals surface area contributed by atoms with Gasteiger partial charge in [0.15, 0.2) is 0 Å². The minimum atomic E-state index is -0.595. The standard InChI is InChI=1S/C21H24ClFN2O2S/c1-3-19(21(27)24-2)25(12-15-8-4-6-10-17(15)22)20(26)14-28-13-16-9-5-7-11-18(16)23/h4-11,19H,3,12-14H2,1-2H3,(H,24,27)/t19-/m1/s1. The molecule has 0 aliphatic carbocycles. The number of likely N-dealkylation sites (N-methyl/N-ethyl adjacent to an activating group) is 1. The van der Waals surface area contributed by atoms with E-state index in [1.54, 1.807) is 36.2 Å². The fraction of sp³-hybridized carbons (Fsp3) is 0.333. The number of nitrogens with one attached hydrogen (secondary N) is 1. The van der Waals surface area contributed by atoms with Crippen LogP contribution in [0.5, 0.6) is 0 Å². The van der Waals surface area contributed by atoms with Crippen molar-refractivity contribution in [1.82, 2.24) is 10.2 Å². The molecule has 0 radical (unpaired) electrons. The molecule has 0 fully saturated rings. The molecule has 2 amide bonds. The quantitative estimate of drug-likeness (QED) is 0.656. The van der Waals surface area contributed by atoms with Crippen molar-refractivity contribution in [2.24, 2.45) is 0 Å². The van der Waals surface area contributed by atoms with Gasteiger partial charge in [-0.25, -0.2) is 4.39 Å². The second-order valence-electron chi connectivity index (χ2n) is 6.24. The fourth-order valence-corrected chi connectivity index (χ4v) is 3.93. The van der Waals surface area contributed by atoms with Crippen molar-refractivity contribution in [1.29, 1.82) is 0 Å². The Morgan fingerprint density at radius 2 is 1.79 bits per heavy atom. The van der Waals surface area contributed by atoms with E-state index in [9.17, 15) is 14.0 Å². The molecule has 1 N–H and O–H groups in total. The van der Waals surface area contributed by atoms with Crippen LogP contribution in [0.15, 0.2) is 48.5 Å². The summed E-state index contributed by atoms with van der Waals surface area (Å²) in [4.78, 5) is 26.8. The Balaban J connectivity index is 2.12. The zero-order valence-electron chi connectivity index (χ0n) is 16.0. The Bertz CT molecular complexity index is 818. The highest BCUT2D eigenvalue weighted by molar-refractivity contribution is 7.99. The third-order valence-electron chi connectivity index (χ3n) is 4.37. The Hall–Kier alpha value is -2.05. The van der Waals surface area contributed by atoms with Crippen LogP contribution in [0.3, 0.4) is 0 Å². The normalized spacial score (nSPS) is 11.7. The lowest BCUT2D eigenvalue weighted by Gasteiger charge is -2.30. The van der Waals surface area contributed by atoms with Crippen molar-refractivity contribution in [3.8, 4) is 0 Å². The maximum absolute atomic E-state index is 13.8. The molecule has 7 heteroatoms. The summed E-state index contributed by atoms with van der Waals surface area (Å²) in [5.74, 6) is -0.160. The molecule has 0 aliphatic rings. The molecule has 2 rings (SSSR count). The van der Waals surface area contributed by atoms with Crippen molar-refractivity contribution in [3.05, 3.63) is 70.5 Å². The molecule has 1 atom stereocenters. The summed E-state index contributed by atoms with van der Waals surface area (Å²) in [7, 11) is 1.55. The van der Waals surface area contributed by atoms with E-state index >= 15 is 0 Å². The summed E-state index contributed by atoms with van der Waals surface area (Å²) in [5.41, 5.74) is 1.33. The van der Waals surface area contributed by atoms with E-state index in [1.807, 2.05) is 25.1 Å². The van der Waals surface area contributed by atoms with Gasteiger partial charge in [0.05, 0.1) is 5.75 Å².